The van der Waals surface area contributed by atoms with E-state index in [1.54, 1.807) is 18.6 Å². The fourth-order valence-corrected chi connectivity index (χ4v) is 1.99. The van der Waals surface area contributed by atoms with Gasteiger partial charge in [0.25, 0.3) is 0 Å². The molecule has 0 unspecified atom stereocenters. The molecule has 0 radical (unpaired) electrons. The molecule has 0 atom stereocenters. The zero-order valence-electron chi connectivity index (χ0n) is 10.4. The number of hydrogen-bond donors (Lipinski definition) is 1. The molecule has 0 aromatic carbocycles. The van der Waals surface area contributed by atoms with Gasteiger partial charge in [0.05, 0.1) is 11.2 Å². The maximum Gasteiger partial charge on any atom is 0.219 e. The summed E-state index contributed by atoms with van der Waals surface area (Å²) < 4.78 is 6.50. The van der Waals surface area contributed by atoms with Crippen molar-refractivity contribution < 1.29 is 4.74 Å². The Morgan fingerprint density at radius 2 is 2.16 bits per heavy atom. The lowest BCUT2D eigenvalue weighted by Crippen LogP contribution is -2.12. The second kappa shape index (κ2) is 6.84. The molecular weight excluding hydrogens is 330 g/mol. The average molecular weight is 343 g/mol. The SMILES string of the molecule is CCNCc1cc(Oc2cncc(Br)c2)ncc1Cl. The van der Waals surface area contributed by atoms with Crippen molar-refractivity contribution in [2.45, 2.75) is 13.5 Å². The molecule has 2 heterocycles. The largest absolute Gasteiger partial charge is 0.437 e. The third kappa shape index (κ3) is 4.16. The zero-order valence-corrected chi connectivity index (χ0v) is 12.7. The standard InChI is InChI=1S/C13H13BrClN3O/c1-2-16-5-9-3-13(18-8-12(9)15)19-11-4-10(14)6-17-7-11/h3-4,6-8,16H,2,5H2,1H3. The third-order valence-corrected chi connectivity index (χ3v) is 3.15. The van der Waals surface area contributed by atoms with Crippen molar-refractivity contribution in [2.24, 2.45) is 0 Å². The molecule has 0 spiro atoms. The highest BCUT2D eigenvalue weighted by molar-refractivity contribution is 9.10. The van der Waals surface area contributed by atoms with Crippen LogP contribution in [0.4, 0.5) is 0 Å². The normalized spacial score (nSPS) is 10.5. The van der Waals surface area contributed by atoms with Gasteiger partial charge in [0.15, 0.2) is 0 Å². The van der Waals surface area contributed by atoms with Gasteiger partial charge in [0.1, 0.15) is 5.75 Å². The molecule has 0 aliphatic heterocycles. The molecule has 6 heteroatoms. The summed E-state index contributed by atoms with van der Waals surface area (Å²) in [5.74, 6) is 1.12. The van der Waals surface area contributed by atoms with Crippen molar-refractivity contribution in [1.82, 2.24) is 15.3 Å². The van der Waals surface area contributed by atoms with E-state index < -0.39 is 0 Å². The van der Waals surface area contributed by atoms with E-state index in [0.717, 1.165) is 16.6 Å². The number of aromatic nitrogens is 2. The van der Waals surface area contributed by atoms with E-state index in [1.165, 1.54) is 0 Å². The predicted molar refractivity (Wildman–Crippen MR) is 78.6 cm³/mol. The van der Waals surface area contributed by atoms with Gasteiger partial charge in [-0.05, 0) is 34.1 Å². The number of rotatable bonds is 5. The van der Waals surface area contributed by atoms with Crippen LogP contribution in [0.1, 0.15) is 12.5 Å². The van der Waals surface area contributed by atoms with E-state index >= 15 is 0 Å². The summed E-state index contributed by atoms with van der Waals surface area (Å²) in [5.41, 5.74) is 0.955. The minimum absolute atomic E-state index is 0.497. The van der Waals surface area contributed by atoms with Crippen LogP contribution in [-0.2, 0) is 6.54 Å². The van der Waals surface area contributed by atoms with Crippen LogP contribution in [0.2, 0.25) is 5.02 Å². The van der Waals surface area contributed by atoms with Gasteiger partial charge < -0.3 is 10.1 Å². The van der Waals surface area contributed by atoms with Crippen molar-refractivity contribution >= 4 is 27.5 Å². The summed E-state index contributed by atoms with van der Waals surface area (Å²) >= 11 is 9.42. The fourth-order valence-electron chi connectivity index (χ4n) is 1.48. The van der Waals surface area contributed by atoms with Gasteiger partial charge in [0, 0.05) is 29.5 Å². The Labute approximate surface area is 125 Å². The molecule has 0 aliphatic rings. The Morgan fingerprint density at radius 1 is 1.32 bits per heavy atom. The third-order valence-electron chi connectivity index (χ3n) is 2.38. The van der Waals surface area contributed by atoms with Crippen molar-refractivity contribution in [3.63, 3.8) is 0 Å². The highest BCUT2D eigenvalue weighted by Gasteiger charge is 2.05. The topological polar surface area (TPSA) is 47.0 Å². The van der Waals surface area contributed by atoms with Crippen molar-refractivity contribution in [3.8, 4) is 11.6 Å². The summed E-state index contributed by atoms with van der Waals surface area (Å²) in [4.78, 5) is 8.18. The Bertz CT molecular complexity index is 565. The summed E-state index contributed by atoms with van der Waals surface area (Å²) in [6.07, 6.45) is 4.92. The van der Waals surface area contributed by atoms with Gasteiger partial charge >= 0.3 is 0 Å². The van der Waals surface area contributed by atoms with E-state index in [9.17, 15) is 0 Å². The highest BCUT2D eigenvalue weighted by atomic mass is 79.9. The molecule has 1 N–H and O–H groups in total. The first-order valence-corrected chi connectivity index (χ1v) is 6.99. The van der Waals surface area contributed by atoms with Crippen LogP contribution in [0.15, 0.2) is 35.2 Å². The molecular formula is C13H13BrClN3O. The van der Waals surface area contributed by atoms with E-state index in [2.05, 4.69) is 31.2 Å². The lowest BCUT2D eigenvalue weighted by Gasteiger charge is -2.08. The van der Waals surface area contributed by atoms with Crippen LogP contribution < -0.4 is 10.1 Å². The van der Waals surface area contributed by atoms with E-state index in [4.69, 9.17) is 16.3 Å². The Kier molecular flexibility index (Phi) is 5.13. The second-order valence-corrected chi connectivity index (χ2v) is 5.16. The first-order valence-electron chi connectivity index (χ1n) is 5.82. The van der Waals surface area contributed by atoms with Crippen LogP contribution in [0.5, 0.6) is 11.6 Å². The van der Waals surface area contributed by atoms with Gasteiger partial charge in [-0.3, -0.25) is 4.98 Å². The second-order valence-electron chi connectivity index (χ2n) is 3.84. The van der Waals surface area contributed by atoms with Gasteiger partial charge in [-0.2, -0.15) is 0 Å². The Hall–Kier alpha value is -1.17. The van der Waals surface area contributed by atoms with Crippen LogP contribution in [0.25, 0.3) is 0 Å². The minimum Gasteiger partial charge on any atom is -0.437 e. The van der Waals surface area contributed by atoms with Gasteiger partial charge in [-0.15, -0.1) is 0 Å². The molecule has 0 saturated carbocycles. The molecule has 2 aromatic heterocycles. The quantitative estimate of drug-likeness (QED) is 0.898. The number of hydrogen-bond acceptors (Lipinski definition) is 4. The monoisotopic (exact) mass is 341 g/mol. The summed E-state index contributed by atoms with van der Waals surface area (Å²) in [7, 11) is 0. The van der Waals surface area contributed by atoms with Crippen LogP contribution in [-0.4, -0.2) is 16.5 Å². The smallest absolute Gasteiger partial charge is 0.219 e. The number of nitrogens with zero attached hydrogens (tertiary/aromatic N) is 2. The Morgan fingerprint density at radius 3 is 2.89 bits per heavy atom. The van der Waals surface area contributed by atoms with Gasteiger partial charge in [-0.25, -0.2) is 4.98 Å². The van der Waals surface area contributed by atoms with Crippen molar-refractivity contribution in [1.29, 1.82) is 0 Å². The first-order chi connectivity index (χ1) is 9.19. The molecule has 0 amide bonds. The number of ether oxygens (including phenoxy) is 1. The molecule has 0 aliphatic carbocycles. The molecule has 0 fully saturated rings. The zero-order chi connectivity index (χ0) is 13.7. The van der Waals surface area contributed by atoms with Gasteiger partial charge in [0.2, 0.25) is 5.88 Å². The van der Waals surface area contributed by atoms with E-state index in [1.807, 2.05) is 19.1 Å². The summed E-state index contributed by atoms with van der Waals surface area (Å²) in [6, 6.07) is 3.65. The lowest BCUT2D eigenvalue weighted by molar-refractivity contribution is 0.459. The summed E-state index contributed by atoms with van der Waals surface area (Å²) in [5, 5.41) is 3.84. The molecule has 0 bridgehead atoms. The first kappa shape index (κ1) is 14.2. The number of nitrogens with one attached hydrogen (secondary N) is 1. The maximum absolute atomic E-state index is 6.08. The average Bonchev–Trinajstić information content (AvgIpc) is 2.39. The predicted octanol–water partition coefficient (Wildman–Crippen LogP) is 3.79. The minimum atomic E-state index is 0.497. The molecule has 100 valence electrons. The molecule has 2 aromatic rings. The molecule has 4 nitrogen and oxygen atoms in total. The van der Waals surface area contributed by atoms with Crippen LogP contribution in [0, 0.1) is 0 Å². The molecule has 0 saturated heterocycles. The summed E-state index contributed by atoms with van der Waals surface area (Å²) in [6.45, 7) is 3.61. The van der Waals surface area contributed by atoms with Crippen molar-refractivity contribution in [3.05, 3.63) is 45.8 Å². The van der Waals surface area contributed by atoms with Crippen LogP contribution in [0.3, 0.4) is 0 Å². The van der Waals surface area contributed by atoms with E-state index in [0.29, 0.717) is 23.2 Å². The number of halogens is 2. The number of pyridine rings is 2. The highest BCUT2D eigenvalue weighted by Crippen LogP contribution is 2.25. The Balaban J connectivity index is 2.16. The fraction of sp³-hybridized carbons (Fsp3) is 0.231. The van der Waals surface area contributed by atoms with Crippen LogP contribution >= 0.6 is 27.5 Å². The molecule has 2 rings (SSSR count). The van der Waals surface area contributed by atoms with Gasteiger partial charge in [-0.1, -0.05) is 18.5 Å². The maximum atomic E-state index is 6.08. The van der Waals surface area contributed by atoms with Crippen molar-refractivity contribution in [2.75, 3.05) is 6.54 Å². The van der Waals surface area contributed by atoms with E-state index in [-0.39, 0.29) is 0 Å². The molecule has 19 heavy (non-hydrogen) atoms. The lowest BCUT2D eigenvalue weighted by atomic mass is 10.2.